The van der Waals surface area contributed by atoms with Crippen LogP contribution in [0.5, 0.6) is 5.75 Å². The SMILES string of the molecule is NC(=O)c1ccc(S(=O)(=O)NCc2ccccc2OC(F)(F)F)cc1. The Balaban J connectivity index is 2.16. The summed E-state index contributed by atoms with van der Waals surface area (Å²) in [6.45, 7) is -0.411. The number of carbonyl (C=O) groups excluding carboxylic acids is 1. The van der Waals surface area contributed by atoms with E-state index in [1.165, 1.54) is 42.5 Å². The van der Waals surface area contributed by atoms with Crippen LogP contribution in [0.3, 0.4) is 0 Å². The van der Waals surface area contributed by atoms with E-state index in [-0.39, 0.29) is 16.0 Å². The van der Waals surface area contributed by atoms with Crippen LogP contribution in [-0.4, -0.2) is 20.7 Å². The van der Waals surface area contributed by atoms with Crippen molar-refractivity contribution in [2.45, 2.75) is 17.8 Å². The number of alkyl halides is 3. The number of sulfonamides is 1. The highest BCUT2D eigenvalue weighted by Gasteiger charge is 2.32. The van der Waals surface area contributed by atoms with Crippen molar-refractivity contribution in [3.8, 4) is 5.75 Å². The average molecular weight is 374 g/mol. The minimum atomic E-state index is -4.89. The number of benzene rings is 2. The molecule has 0 spiro atoms. The van der Waals surface area contributed by atoms with E-state index >= 15 is 0 Å². The van der Waals surface area contributed by atoms with Crippen LogP contribution < -0.4 is 15.2 Å². The van der Waals surface area contributed by atoms with Gasteiger partial charge in [-0.1, -0.05) is 18.2 Å². The van der Waals surface area contributed by atoms with Gasteiger partial charge in [0, 0.05) is 17.7 Å². The predicted molar refractivity (Wildman–Crippen MR) is 82.1 cm³/mol. The molecule has 0 unspecified atom stereocenters. The summed E-state index contributed by atoms with van der Waals surface area (Å²) >= 11 is 0. The van der Waals surface area contributed by atoms with Crippen molar-refractivity contribution in [2.24, 2.45) is 5.73 Å². The molecular weight excluding hydrogens is 361 g/mol. The number of rotatable bonds is 6. The van der Waals surface area contributed by atoms with E-state index in [9.17, 15) is 26.4 Å². The fourth-order valence-electron chi connectivity index (χ4n) is 1.93. The Kier molecular flexibility index (Phi) is 5.33. The largest absolute Gasteiger partial charge is 0.573 e. The van der Waals surface area contributed by atoms with Gasteiger partial charge in [0.2, 0.25) is 15.9 Å². The molecule has 1 amide bonds. The first-order chi connectivity index (χ1) is 11.6. The first kappa shape index (κ1) is 18.7. The molecule has 6 nitrogen and oxygen atoms in total. The van der Waals surface area contributed by atoms with E-state index in [1.807, 2.05) is 0 Å². The molecule has 0 fully saturated rings. The lowest BCUT2D eigenvalue weighted by Crippen LogP contribution is -2.25. The van der Waals surface area contributed by atoms with E-state index in [4.69, 9.17) is 5.73 Å². The topological polar surface area (TPSA) is 98.5 Å². The summed E-state index contributed by atoms with van der Waals surface area (Å²) in [5.74, 6) is -1.21. The third-order valence-corrected chi connectivity index (χ3v) is 4.52. The molecule has 0 bridgehead atoms. The van der Waals surface area contributed by atoms with Gasteiger partial charge in [-0.2, -0.15) is 0 Å². The number of para-hydroxylation sites is 1. The van der Waals surface area contributed by atoms with Crippen molar-refractivity contribution in [2.75, 3.05) is 0 Å². The maximum Gasteiger partial charge on any atom is 0.573 e. The lowest BCUT2D eigenvalue weighted by molar-refractivity contribution is -0.274. The lowest BCUT2D eigenvalue weighted by atomic mass is 10.2. The van der Waals surface area contributed by atoms with Gasteiger partial charge >= 0.3 is 6.36 Å². The van der Waals surface area contributed by atoms with Crippen molar-refractivity contribution in [1.29, 1.82) is 0 Å². The minimum Gasteiger partial charge on any atom is -0.405 e. The molecule has 3 N–H and O–H groups in total. The van der Waals surface area contributed by atoms with Crippen LogP contribution in [0, 0.1) is 0 Å². The van der Waals surface area contributed by atoms with Gasteiger partial charge in [-0.25, -0.2) is 13.1 Å². The van der Waals surface area contributed by atoms with Gasteiger partial charge in [0.25, 0.3) is 0 Å². The molecule has 2 aromatic carbocycles. The van der Waals surface area contributed by atoms with Gasteiger partial charge in [-0.15, -0.1) is 13.2 Å². The molecule has 25 heavy (non-hydrogen) atoms. The third-order valence-electron chi connectivity index (χ3n) is 3.10. The lowest BCUT2D eigenvalue weighted by Gasteiger charge is -2.13. The summed E-state index contributed by atoms with van der Waals surface area (Å²) in [7, 11) is -4.00. The van der Waals surface area contributed by atoms with Crippen LogP contribution in [0.15, 0.2) is 53.4 Å². The zero-order chi connectivity index (χ0) is 18.7. The van der Waals surface area contributed by atoms with Crippen LogP contribution >= 0.6 is 0 Å². The fourth-order valence-corrected chi connectivity index (χ4v) is 2.94. The summed E-state index contributed by atoms with van der Waals surface area (Å²) in [5.41, 5.74) is 5.20. The van der Waals surface area contributed by atoms with Gasteiger partial charge in [0.15, 0.2) is 0 Å². The van der Waals surface area contributed by atoms with Gasteiger partial charge in [0.05, 0.1) is 4.90 Å². The zero-order valence-electron chi connectivity index (χ0n) is 12.6. The van der Waals surface area contributed by atoms with Crippen molar-refractivity contribution < 1.29 is 31.1 Å². The number of hydrogen-bond donors (Lipinski definition) is 2. The zero-order valence-corrected chi connectivity index (χ0v) is 13.4. The Morgan fingerprint density at radius 1 is 1.08 bits per heavy atom. The molecule has 2 rings (SSSR count). The first-order valence-corrected chi connectivity index (χ1v) is 8.30. The molecule has 0 aliphatic rings. The summed E-state index contributed by atoms with van der Waals surface area (Å²) in [6, 6.07) is 9.98. The minimum absolute atomic E-state index is 0.0113. The smallest absolute Gasteiger partial charge is 0.405 e. The second-order valence-electron chi connectivity index (χ2n) is 4.87. The van der Waals surface area contributed by atoms with E-state index in [1.54, 1.807) is 0 Å². The molecule has 0 heterocycles. The van der Waals surface area contributed by atoms with Crippen molar-refractivity contribution in [3.05, 3.63) is 59.7 Å². The summed E-state index contributed by atoms with van der Waals surface area (Å²) in [6.07, 6.45) is -4.89. The Labute approximate surface area is 141 Å². The quantitative estimate of drug-likeness (QED) is 0.810. The van der Waals surface area contributed by atoms with Crippen LogP contribution in [0.4, 0.5) is 13.2 Å². The van der Waals surface area contributed by atoms with Gasteiger partial charge in [-0.3, -0.25) is 4.79 Å². The second-order valence-corrected chi connectivity index (χ2v) is 6.64. The summed E-state index contributed by atoms with van der Waals surface area (Å²) < 4.78 is 67.5. The van der Waals surface area contributed by atoms with E-state index in [2.05, 4.69) is 9.46 Å². The first-order valence-electron chi connectivity index (χ1n) is 6.82. The molecule has 0 aliphatic heterocycles. The third kappa shape index (κ3) is 5.19. The van der Waals surface area contributed by atoms with Gasteiger partial charge < -0.3 is 10.5 Å². The maximum absolute atomic E-state index is 12.4. The molecule has 10 heteroatoms. The average Bonchev–Trinajstić information content (AvgIpc) is 2.53. The highest BCUT2D eigenvalue weighted by atomic mass is 32.2. The summed E-state index contributed by atoms with van der Waals surface area (Å²) in [4.78, 5) is 10.8. The van der Waals surface area contributed by atoms with Crippen LogP contribution in [0.2, 0.25) is 0 Å². The maximum atomic E-state index is 12.4. The molecule has 0 aliphatic carbocycles. The highest BCUT2D eigenvalue weighted by molar-refractivity contribution is 7.89. The van der Waals surface area contributed by atoms with Crippen molar-refractivity contribution in [1.82, 2.24) is 4.72 Å². The Hall–Kier alpha value is -2.59. The second kappa shape index (κ2) is 7.11. The molecule has 134 valence electrons. The monoisotopic (exact) mass is 374 g/mol. The summed E-state index contributed by atoms with van der Waals surface area (Å²) in [5, 5.41) is 0. The number of ether oxygens (including phenoxy) is 1. The molecular formula is C15H13F3N2O4S. The van der Waals surface area contributed by atoms with E-state index in [0.29, 0.717) is 0 Å². The Morgan fingerprint density at radius 3 is 2.24 bits per heavy atom. The van der Waals surface area contributed by atoms with Crippen LogP contribution in [-0.2, 0) is 16.6 Å². The number of hydrogen-bond acceptors (Lipinski definition) is 4. The van der Waals surface area contributed by atoms with E-state index in [0.717, 1.165) is 6.07 Å². The normalized spacial score (nSPS) is 12.0. The van der Waals surface area contributed by atoms with E-state index < -0.39 is 34.6 Å². The molecule has 0 aromatic heterocycles. The molecule has 0 saturated carbocycles. The number of halogens is 3. The predicted octanol–water partition coefficient (Wildman–Crippen LogP) is 2.16. The van der Waals surface area contributed by atoms with Gasteiger partial charge in [-0.05, 0) is 30.3 Å². The Bertz CT molecular complexity index is 865. The number of nitrogens with two attached hydrogens (primary N) is 1. The highest BCUT2D eigenvalue weighted by Crippen LogP contribution is 2.26. The van der Waals surface area contributed by atoms with Crippen molar-refractivity contribution in [3.63, 3.8) is 0 Å². The van der Waals surface area contributed by atoms with Gasteiger partial charge in [0.1, 0.15) is 5.75 Å². The molecule has 0 radical (unpaired) electrons. The van der Waals surface area contributed by atoms with Crippen molar-refractivity contribution >= 4 is 15.9 Å². The fraction of sp³-hybridized carbons (Fsp3) is 0.133. The molecule has 0 atom stereocenters. The standard InChI is InChI=1S/C15H13F3N2O4S/c16-15(17,18)24-13-4-2-1-3-11(13)9-20-25(22,23)12-7-5-10(6-8-12)14(19)21/h1-8,20H,9H2,(H2,19,21). The number of carbonyl (C=O) groups is 1. The molecule has 2 aromatic rings. The Morgan fingerprint density at radius 2 is 1.68 bits per heavy atom. The number of nitrogens with one attached hydrogen (secondary N) is 1. The van der Waals surface area contributed by atoms with Crippen LogP contribution in [0.25, 0.3) is 0 Å². The number of amides is 1. The number of primary amides is 1. The van der Waals surface area contributed by atoms with Crippen LogP contribution in [0.1, 0.15) is 15.9 Å². The molecule has 0 saturated heterocycles.